The van der Waals surface area contributed by atoms with Crippen LogP contribution in [0.25, 0.3) is 11.1 Å². The van der Waals surface area contributed by atoms with E-state index < -0.39 is 5.41 Å². The number of benzene rings is 5. The van der Waals surface area contributed by atoms with Gasteiger partial charge in [-0.15, -0.1) is 0 Å². The van der Waals surface area contributed by atoms with Crippen molar-refractivity contribution in [2.24, 2.45) is 0 Å². The summed E-state index contributed by atoms with van der Waals surface area (Å²) in [6, 6.07) is 33.3. The lowest BCUT2D eigenvalue weighted by Crippen LogP contribution is -2.28. The summed E-state index contributed by atoms with van der Waals surface area (Å²) in [4.78, 5) is 0. The van der Waals surface area contributed by atoms with E-state index in [1.807, 2.05) is 44.2 Å². The predicted molar refractivity (Wildman–Crippen MR) is 162 cm³/mol. The monoisotopic (exact) mass is 562 g/mol. The molecular weight excluding hydrogens is 536 g/mol. The summed E-state index contributed by atoms with van der Waals surface area (Å²) < 4.78 is 24.1. The Kier molecular flexibility index (Phi) is 5.90. The molecule has 43 heavy (non-hydrogen) atoms. The number of hydrogen-bond donors (Lipinski definition) is 0. The van der Waals surface area contributed by atoms with Crippen LogP contribution in [0, 0.1) is 36.5 Å². The third-order valence-corrected chi connectivity index (χ3v) is 8.77. The molecule has 7 rings (SSSR count). The third-order valence-electron chi connectivity index (χ3n) is 8.77. The van der Waals surface area contributed by atoms with Crippen molar-refractivity contribution in [1.82, 2.24) is 0 Å². The SMILES string of the molecule is COc1ccc(C2(c3ccc4c(c3)Oc3c(C#N)c(C)c(C)c(C#N)c3O4)c3ccccc3-c3ccccc32)cc1OC. The lowest BCUT2D eigenvalue weighted by molar-refractivity contribution is 0.354. The van der Waals surface area contributed by atoms with E-state index in [4.69, 9.17) is 18.9 Å². The maximum atomic E-state index is 10.0. The first kappa shape index (κ1) is 26.2. The molecule has 6 heteroatoms. The van der Waals surface area contributed by atoms with Gasteiger partial charge in [0.25, 0.3) is 0 Å². The minimum atomic E-state index is -0.732. The molecule has 0 radical (unpaired) electrons. The van der Waals surface area contributed by atoms with Gasteiger partial charge < -0.3 is 18.9 Å². The summed E-state index contributed by atoms with van der Waals surface area (Å²) in [6.07, 6.45) is 0. The molecule has 0 N–H and O–H groups in total. The lowest BCUT2D eigenvalue weighted by atomic mass is 9.67. The van der Waals surface area contributed by atoms with Crippen molar-refractivity contribution in [3.63, 3.8) is 0 Å². The van der Waals surface area contributed by atoms with Crippen molar-refractivity contribution in [3.05, 3.63) is 129 Å². The first-order valence-electron chi connectivity index (χ1n) is 13.9. The van der Waals surface area contributed by atoms with E-state index in [2.05, 4.69) is 66.7 Å². The largest absolute Gasteiger partial charge is 0.493 e. The second kappa shape index (κ2) is 9.69. The van der Waals surface area contributed by atoms with Crippen LogP contribution < -0.4 is 18.9 Å². The van der Waals surface area contributed by atoms with Crippen LogP contribution in [0.1, 0.15) is 44.5 Å². The molecule has 0 aromatic heterocycles. The fourth-order valence-electron chi connectivity index (χ4n) is 6.63. The molecule has 0 unspecified atom stereocenters. The quantitative estimate of drug-likeness (QED) is 0.214. The highest BCUT2D eigenvalue weighted by Gasteiger charge is 2.47. The molecule has 0 spiro atoms. The Bertz CT molecular complexity index is 2020. The van der Waals surface area contributed by atoms with Crippen LogP contribution in [0.3, 0.4) is 0 Å². The van der Waals surface area contributed by atoms with Crippen molar-refractivity contribution in [1.29, 1.82) is 10.5 Å². The van der Waals surface area contributed by atoms with Crippen LogP contribution in [-0.4, -0.2) is 14.2 Å². The molecule has 5 aromatic rings. The second-order valence-corrected chi connectivity index (χ2v) is 10.7. The standard InChI is InChI=1S/C37H26N2O4/c1-21-22(2)28(20-39)36-35(27(21)19-38)42-32-16-14-24(18-34(32)43-36)37(23-13-15-31(40-3)33(17-23)41-4)29-11-7-5-9-25(29)26-10-6-8-12-30(26)37/h5-18H,1-4H3. The zero-order valence-corrected chi connectivity index (χ0v) is 24.1. The second-order valence-electron chi connectivity index (χ2n) is 10.7. The first-order valence-corrected chi connectivity index (χ1v) is 13.9. The maximum absolute atomic E-state index is 10.0. The maximum Gasteiger partial charge on any atom is 0.189 e. The van der Waals surface area contributed by atoms with E-state index >= 15 is 0 Å². The molecule has 1 heterocycles. The van der Waals surface area contributed by atoms with Gasteiger partial charge >= 0.3 is 0 Å². The fraction of sp³-hybridized carbons (Fsp3) is 0.135. The third kappa shape index (κ3) is 3.51. The van der Waals surface area contributed by atoms with Gasteiger partial charge in [0.05, 0.1) is 19.6 Å². The number of nitriles is 2. The molecule has 2 aliphatic rings. The van der Waals surface area contributed by atoms with Gasteiger partial charge in [0, 0.05) is 0 Å². The van der Waals surface area contributed by atoms with E-state index in [0.717, 1.165) is 33.4 Å². The molecule has 6 nitrogen and oxygen atoms in total. The first-order chi connectivity index (χ1) is 21.0. The number of methoxy groups -OCH3 is 2. The molecule has 0 saturated carbocycles. The fourth-order valence-corrected chi connectivity index (χ4v) is 6.63. The Morgan fingerprint density at radius 3 is 1.67 bits per heavy atom. The van der Waals surface area contributed by atoms with Crippen molar-refractivity contribution < 1.29 is 18.9 Å². The van der Waals surface area contributed by atoms with Gasteiger partial charge in [0.15, 0.2) is 34.5 Å². The number of ether oxygens (including phenoxy) is 4. The molecular formula is C37H26N2O4. The summed E-state index contributed by atoms with van der Waals surface area (Å²) in [5, 5.41) is 20.0. The number of nitrogens with zero attached hydrogens (tertiary/aromatic N) is 2. The highest BCUT2D eigenvalue weighted by molar-refractivity contribution is 5.86. The number of hydrogen-bond acceptors (Lipinski definition) is 6. The Balaban J connectivity index is 1.51. The van der Waals surface area contributed by atoms with Crippen molar-refractivity contribution in [2.45, 2.75) is 19.3 Å². The summed E-state index contributed by atoms with van der Waals surface area (Å²) >= 11 is 0. The Morgan fingerprint density at radius 2 is 1.12 bits per heavy atom. The molecule has 5 aromatic carbocycles. The summed E-state index contributed by atoms with van der Waals surface area (Å²) in [5.74, 6) is 2.74. The van der Waals surface area contributed by atoms with Gasteiger partial charge in [-0.3, -0.25) is 0 Å². The highest BCUT2D eigenvalue weighted by Crippen LogP contribution is 2.59. The zero-order valence-electron chi connectivity index (χ0n) is 24.1. The van der Waals surface area contributed by atoms with E-state index in [1.54, 1.807) is 14.2 Å². The topological polar surface area (TPSA) is 84.5 Å². The molecule has 0 atom stereocenters. The lowest BCUT2D eigenvalue weighted by Gasteiger charge is -2.35. The van der Waals surface area contributed by atoms with Gasteiger partial charge in [-0.2, -0.15) is 10.5 Å². The molecule has 0 fully saturated rings. The normalized spacial score (nSPS) is 13.2. The molecule has 1 aliphatic heterocycles. The summed E-state index contributed by atoms with van der Waals surface area (Å²) in [6.45, 7) is 3.64. The molecule has 208 valence electrons. The van der Waals surface area contributed by atoms with Crippen LogP contribution in [0.2, 0.25) is 0 Å². The van der Waals surface area contributed by atoms with Gasteiger partial charge in [0.2, 0.25) is 0 Å². The van der Waals surface area contributed by atoms with Crippen molar-refractivity contribution in [2.75, 3.05) is 14.2 Å². The van der Waals surface area contributed by atoms with E-state index in [-0.39, 0.29) is 11.5 Å². The minimum Gasteiger partial charge on any atom is -0.493 e. The van der Waals surface area contributed by atoms with Crippen LogP contribution >= 0.6 is 0 Å². The van der Waals surface area contributed by atoms with Crippen LogP contribution in [0.5, 0.6) is 34.5 Å². The van der Waals surface area contributed by atoms with E-state index in [1.165, 1.54) is 0 Å². The van der Waals surface area contributed by atoms with Crippen molar-refractivity contribution in [3.8, 4) is 57.8 Å². The summed E-state index contributed by atoms with van der Waals surface area (Å²) in [5.41, 5.74) is 7.86. The smallest absolute Gasteiger partial charge is 0.189 e. The number of fused-ring (bicyclic) bond motifs is 5. The van der Waals surface area contributed by atoms with Gasteiger partial charge in [-0.1, -0.05) is 60.7 Å². The zero-order chi connectivity index (χ0) is 29.9. The average Bonchev–Trinajstić information content (AvgIpc) is 3.35. The minimum absolute atomic E-state index is 0.263. The Hall–Kier alpha value is -5.72. The number of rotatable bonds is 4. The van der Waals surface area contributed by atoms with Gasteiger partial charge in [-0.25, -0.2) is 0 Å². The van der Waals surface area contributed by atoms with E-state index in [0.29, 0.717) is 45.3 Å². The molecule has 1 aliphatic carbocycles. The van der Waals surface area contributed by atoms with Crippen LogP contribution in [0.15, 0.2) is 84.9 Å². The Labute approximate surface area is 249 Å². The Morgan fingerprint density at radius 1 is 0.605 bits per heavy atom. The summed E-state index contributed by atoms with van der Waals surface area (Å²) in [7, 11) is 3.26. The van der Waals surface area contributed by atoms with Crippen LogP contribution in [0.4, 0.5) is 0 Å². The average molecular weight is 563 g/mol. The van der Waals surface area contributed by atoms with Crippen LogP contribution in [-0.2, 0) is 5.41 Å². The highest BCUT2D eigenvalue weighted by atomic mass is 16.6. The van der Waals surface area contributed by atoms with Gasteiger partial charge in [-0.05, 0) is 82.6 Å². The predicted octanol–water partition coefficient (Wildman–Crippen LogP) is 8.33. The molecule has 0 saturated heterocycles. The van der Waals surface area contributed by atoms with E-state index in [9.17, 15) is 10.5 Å². The molecule has 0 bridgehead atoms. The van der Waals surface area contributed by atoms with Crippen molar-refractivity contribution >= 4 is 0 Å². The van der Waals surface area contributed by atoms with Gasteiger partial charge in [0.1, 0.15) is 23.3 Å². The molecule has 0 amide bonds.